The number of ether oxygens (including phenoxy) is 1. The zero-order valence-corrected chi connectivity index (χ0v) is 18.8. The van der Waals surface area contributed by atoms with Crippen molar-refractivity contribution in [1.29, 1.82) is 0 Å². The van der Waals surface area contributed by atoms with Crippen molar-refractivity contribution in [3.63, 3.8) is 0 Å². The van der Waals surface area contributed by atoms with E-state index in [2.05, 4.69) is 6.92 Å². The Hall–Kier alpha value is -1.49. The van der Waals surface area contributed by atoms with Crippen LogP contribution in [0.25, 0.3) is 0 Å². The van der Waals surface area contributed by atoms with E-state index in [1.807, 2.05) is 0 Å². The van der Waals surface area contributed by atoms with E-state index < -0.39 is 23.6 Å². The van der Waals surface area contributed by atoms with Gasteiger partial charge in [0.25, 0.3) is 0 Å². The predicted molar refractivity (Wildman–Crippen MR) is 119 cm³/mol. The molecule has 1 rings (SSSR count). The number of carbonyl (C=O) groups is 1. The fraction of sp³-hybridized carbons (Fsp3) is 0.720. The highest BCUT2D eigenvalue weighted by Crippen LogP contribution is 2.13. The Bertz CT molecular complexity index is 560. The van der Waals surface area contributed by atoms with E-state index in [0.717, 1.165) is 25.3 Å². The smallest absolute Gasteiger partial charge is 0.323 e. The molecule has 0 aliphatic carbocycles. The van der Waals surface area contributed by atoms with Crippen LogP contribution >= 0.6 is 0 Å². The molecule has 3 nitrogen and oxygen atoms in total. The first-order chi connectivity index (χ1) is 14.5. The van der Waals surface area contributed by atoms with Crippen molar-refractivity contribution in [2.24, 2.45) is 5.73 Å². The second kappa shape index (κ2) is 17.2. The Morgan fingerprint density at radius 3 is 1.70 bits per heavy atom. The Balaban J connectivity index is 1.93. The maximum atomic E-state index is 13.2. The molecule has 5 heteroatoms. The molecule has 0 fully saturated rings. The van der Waals surface area contributed by atoms with Crippen LogP contribution in [0, 0.1) is 11.6 Å². The van der Waals surface area contributed by atoms with E-state index in [9.17, 15) is 13.6 Å². The molecule has 0 saturated heterocycles. The quantitative estimate of drug-likeness (QED) is 0.206. The summed E-state index contributed by atoms with van der Waals surface area (Å²) in [5.74, 6) is -1.87. The Labute approximate surface area is 181 Å². The van der Waals surface area contributed by atoms with Crippen molar-refractivity contribution in [1.82, 2.24) is 0 Å². The molecule has 0 aromatic heterocycles. The number of benzene rings is 1. The second-order valence-electron chi connectivity index (χ2n) is 8.35. The average Bonchev–Trinajstić information content (AvgIpc) is 2.69. The van der Waals surface area contributed by atoms with Crippen LogP contribution in [0.15, 0.2) is 18.2 Å². The summed E-state index contributed by atoms with van der Waals surface area (Å²) in [5.41, 5.74) is 6.15. The number of hydrogen-bond acceptors (Lipinski definition) is 3. The summed E-state index contributed by atoms with van der Waals surface area (Å²) in [6, 6.07) is 2.26. The van der Waals surface area contributed by atoms with Gasteiger partial charge in [0.2, 0.25) is 0 Å². The minimum atomic E-state index is -0.905. The first-order valence-corrected chi connectivity index (χ1v) is 11.9. The van der Waals surface area contributed by atoms with Crippen molar-refractivity contribution < 1.29 is 18.3 Å². The molecule has 0 radical (unpaired) electrons. The normalized spacial score (nSPS) is 12.1. The summed E-state index contributed by atoms with van der Waals surface area (Å²) in [4.78, 5) is 11.9. The van der Waals surface area contributed by atoms with Gasteiger partial charge in [0, 0.05) is 6.07 Å². The number of esters is 1. The van der Waals surface area contributed by atoms with Crippen LogP contribution in [0.2, 0.25) is 0 Å². The lowest BCUT2D eigenvalue weighted by Crippen LogP contribution is -2.34. The van der Waals surface area contributed by atoms with Crippen LogP contribution in [0.1, 0.15) is 102 Å². The topological polar surface area (TPSA) is 52.3 Å². The van der Waals surface area contributed by atoms with Crippen LogP contribution < -0.4 is 5.73 Å². The van der Waals surface area contributed by atoms with E-state index >= 15 is 0 Å². The molecule has 1 aromatic carbocycles. The lowest BCUT2D eigenvalue weighted by molar-refractivity contribution is -0.145. The van der Waals surface area contributed by atoms with E-state index in [-0.39, 0.29) is 6.42 Å². The van der Waals surface area contributed by atoms with Gasteiger partial charge in [-0.2, -0.15) is 0 Å². The van der Waals surface area contributed by atoms with Crippen LogP contribution in [0.4, 0.5) is 8.78 Å². The maximum absolute atomic E-state index is 13.2. The number of rotatable bonds is 18. The fourth-order valence-electron chi connectivity index (χ4n) is 3.64. The highest BCUT2D eigenvalue weighted by Gasteiger charge is 2.16. The van der Waals surface area contributed by atoms with Gasteiger partial charge in [-0.15, -0.1) is 0 Å². The summed E-state index contributed by atoms with van der Waals surface area (Å²) in [7, 11) is 0. The zero-order valence-electron chi connectivity index (χ0n) is 18.8. The Kier molecular flexibility index (Phi) is 15.2. The van der Waals surface area contributed by atoms with Gasteiger partial charge in [0.15, 0.2) is 0 Å². The van der Waals surface area contributed by atoms with Crippen molar-refractivity contribution in [2.75, 3.05) is 6.61 Å². The second-order valence-corrected chi connectivity index (χ2v) is 8.35. The van der Waals surface area contributed by atoms with Gasteiger partial charge in [0.1, 0.15) is 17.7 Å². The molecule has 0 heterocycles. The lowest BCUT2D eigenvalue weighted by Gasteiger charge is -2.12. The number of unbranched alkanes of at least 4 members (excludes halogenated alkanes) is 13. The molecule has 0 amide bonds. The van der Waals surface area contributed by atoms with Crippen LogP contribution in [0.3, 0.4) is 0 Å². The van der Waals surface area contributed by atoms with Gasteiger partial charge in [-0.25, -0.2) is 8.78 Å². The first kappa shape index (κ1) is 26.5. The van der Waals surface area contributed by atoms with Crippen molar-refractivity contribution in [3.8, 4) is 0 Å². The number of nitrogens with two attached hydrogens (primary N) is 1. The van der Waals surface area contributed by atoms with Gasteiger partial charge >= 0.3 is 5.97 Å². The van der Waals surface area contributed by atoms with Crippen molar-refractivity contribution in [3.05, 3.63) is 35.4 Å². The van der Waals surface area contributed by atoms with Gasteiger partial charge in [0.05, 0.1) is 6.61 Å². The molecule has 1 atom stereocenters. The largest absolute Gasteiger partial charge is 0.465 e. The molecule has 0 aliphatic rings. The summed E-state index contributed by atoms with van der Waals surface area (Å²) >= 11 is 0. The lowest BCUT2D eigenvalue weighted by atomic mass is 10.0. The maximum Gasteiger partial charge on any atom is 0.323 e. The molecule has 0 spiro atoms. The fourth-order valence-corrected chi connectivity index (χ4v) is 3.64. The molecular formula is C25H41F2NO2. The summed E-state index contributed by atoms with van der Waals surface area (Å²) in [5, 5.41) is 0. The van der Waals surface area contributed by atoms with Gasteiger partial charge < -0.3 is 10.5 Å². The highest BCUT2D eigenvalue weighted by molar-refractivity contribution is 5.75. The third kappa shape index (κ3) is 13.7. The molecule has 0 bridgehead atoms. The summed E-state index contributed by atoms with van der Waals surface area (Å²) < 4.78 is 31.6. The van der Waals surface area contributed by atoms with E-state index in [1.165, 1.54) is 82.8 Å². The third-order valence-electron chi connectivity index (χ3n) is 5.42. The summed E-state index contributed by atoms with van der Waals surface area (Å²) in [6.07, 6.45) is 17.9. The monoisotopic (exact) mass is 425 g/mol. The number of carbonyl (C=O) groups excluding carboxylic acids is 1. The summed E-state index contributed by atoms with van der Waals surface area (Å²) in [6.45, 7) is 2.60. The van der Waals surface area contributed by atoms with Crippen LogP contribution in [0.5, 0.6) is 0 Å². The molecular weight excluding hydrogens is 384 g/mol. The zero-order chi connectivity index (χ0) is 22.0. The molecule has 1 aromatic rings. The molecule has 2 N–H and O–H groups in total. The molecule has 0 aliphatic heterocycles. The third-order valence-corrected chi connectivity index (χ3v) is 5.42. The van der Waals surface area contributed by atoms with Gasteiger partial charge in [-0.3, -0.25) is 4.79 Å². The Morgan fingerprint density at radius 1 is 0.800 bits per heavy atom. The molecule has 172 valence electrons. The predicted octanol–water partition coefficient (Wildman–Crippen LogP) is 6.86. The van der Waals surface area contributed by atoms with Crippen molar-refractivity contribution >= 4 is 5.97 Å². The molecule has 0 unspecified atom stereocenters. The van der Waals surface area contributed by atoms with Crippen LogP contribution in [-0.2, 0) is 16.0 Å². The standard InChI is InChI=1S/C25H41F2NO2/c1-2-3-4-5-6-7-8-9-10-11-12-13-14-15-16-30-25(29)24(28)19-21-17-22(26)20-23(27)18-21/h17-18,20,24H,2-16,19,28H2,1H3/t24-/m0/s1. The van der Waals surface area contributed by atoms with E-state index in [0.29, 0.717) is 12.2 Å². The van der Waals surface area contributed by atoms with Crippen molar-refractivity contribution in [2.45, 2.75) is 109 Å². The minimum Gasteiger partial charge on any atom is -0.465 e. The average molecular weight is 426 g/mol. The van der Waals surface area contributed by atoms with Crippen LogP contribution in [-0.4, -0.2) is 18.6 Å². The minimum absolute atomic E-state index is 0.0618. The highest BCUT2D eigenvalue weighted by atomic mass is 19.1. The first-order valence-electron chi connectivity index (χ1n) is 11.9. The molecule has 0 saturated carbocycles. The number of hydrogen-bond donors (Lipinski definition) is 1. The SMILES string of the molecule is CCCCCCCCCCCCCCCCOC(=O)[C@@H](N)Cc1cc(F)cc(F)c1. The molecule has 30 heavy (non-hydrogen) atoms. The number of halogens is 2. The Morgan fingerprint density at radius 2 is 1.23 bits per heavy atom. The van der Waals surface area contributed by atoms with Gasteiger partial charge in [-0.05, 0) is 30.5 Å². The van der Waals surface area contributed by atoms with Gasteiger partial charge in [-0.1, -0.05) is 90.4 Å². The van der Waals surface area contributed by atoms with E-state index in [1.54, 1.807) is 0 Å². The van der Waals surface area contributed by atoms with E-state index in [4.69, 9.17) is 10.5 Å².